The number of aromatic nitrogens is 2. The van der Waals surface area contributed by atoms with Gasteiger partial charge in [-0.15, -0.1) is 0 Å². The van der Waals surface area contributed by atoms with Crippen molar-refractivity contribution in [3.63, 3.8) is 0 Å². The lowest BCUT2D eigenvalue weighted by Crippen LogP contribution is -2.44. The minimum absolute atomic E-state index is 0.0441. The summed E-state index contributed by atoms with van der Waals surface area (Å²) >= 11 is 0. The Kier molecular flexibility index (Phi) is 7.42. The maximum Gasteiger partial charge on any atom is 0.248 e. The van der Waals surface area contributed by atoms with E-state index in [9.17, 15) is 13.2 Å². The van der Waals surface area contributed by atoms with Gasteiger partial charge in [0.1, 0.15) is 11.5 Å². The molecule has 8 nitrogen and oxygen atoms in total. The molecule has 1 saturated heterocycles. The van der Waals surface area contributed by atoms with Crippen molar-refractivity contribution >= 4 is 33.9 Å². The van der Waals surface area contributed by atoms with E-state index in [0.717, 1.165) is 22.4 Å². The van der Waals surface area contributed by atoms with Gasteiger partial charge < -0.3 is 9.84 Å². The molecular weight excluding hydrogens is 476 g/mol. The second kappa shape index (κ2) is 10.4. The summed E-state index contributed by atoms with van der Waals surface area (Å²) in [5, 5.41) is 6.77. The van der Waals surface area contributed by atoms with Crippen molar-refractivity contribution in [2.75, 3.05) is 18.4 Å². The third kappa shape index (κ3) is 5.42. The maximum absolute atomic E-state index is 13.7. The lowest BCUT2D eigenvalue weighted by molar-refractivity contribution is -0.120. The molecule has 1 aromatic carbocycles. The van der Waals surface area contributed by atoms with Gasteiger partial charge in [-0.25, -0.2) is 13.4 Å². The topological polar surface area (TPSA) is 105 Å². The predicted octanol–water partition coefficient (Wildman–Crippen LogP) is 4.82. The molecule has 36 heavy (non-hydrogen) atoms. The number of benzene rings is 1. The molecule has 0 unspecified atom stereocenters. The number of piperidine rings is 1. The van der Waals surface area contributed by atoms with Gasteiger partial charge in [-0.1, -0.05) is 35.0 Å². The van der Waals surface area contributed by atoms with Crippen LogP contribution in [0.2, 0.25) is 0 Å². The lowest BCUT2D eigenvalue weighted by atomic mass is 9.99. The molecule has 0 aliphatic carbocycles. The summed E-state index contributed by atoms with van der Waals surface area (Å²) in [4.78, 5) is 17.3. The van der Waals surface area contributed by atoms with Crippen LogP contribution in [0.3, 0.4) is 0 Å². The molecule has 1 aliphatic rings. The van der Waals surface area contributed by atoms with E-state index in [-0.39, 0.29) is 23.1 Å². The number of pyridine rings is 1. The van der Waals surface area contributed by atoms with Crippen molar-refractivity contribution in [1.29, 1.82) is 0 Å². The molecule has 1 atom stereocenters. The average molecular weight is 509 g/mol. The van der Waals surface area contributed by atoms with Crippen LogP contribution in [0.25, 0.3) is 12.2 Å². The van der Waals surface area contributed by atoms with E-state index >= 15 is 0 Å². The molecule has 1 aliphatic heterocycles. The van der Waals surface area contributed by atoms with Crippen molar-refractivity contribution in [2.45, 2.75) is 52.4 Å². The van der Waals surface area contributed by atoms with Crippen molar-refractivity contribution in [3.8, 4) is 0 Å². The van der Waals surface area contributed by atoms with Gasteiger partial charge in [-0.05, 0) is 82.4 Å². The number of carbonyl (C=O) groups is 1. The largest absolute Gasteiger partial charge is 0.355 e. The second-order valence-corrected chi connectivity index (χ2v) is 11.3. The molecule has 1 fully saturated rings. The van der Waals surface area contributed by atoms with Crippen LogP contribution in [-0.2, 0) is 14.8 Å². The number of carbonyl (C=O) groups excluding carboxylic acids is 1. The summed E-state index contributed by atoms with van der Waals surface area (Å²) in [5.74, 6) is -0.0697. The van der Waals surface area contributed by atoms with Gasteiger partial charge in [0.2, 0.25) is 15.9 Å². The van der Waals surface area contributed by atoms with Gasteiger partial charge >= 0.3 is 0 Å². The molecule has 3 heterocycles. The fourth-order valence-electron chi connectivity index (χ4n) is 4.76. The Morgan fingerprint density at radius 3 is 2.53 bits per heavy atom. The van der Waals surface area contributed by atoms with E-state index < -0.39 is 15.9 Å². The minimum atomic E-state index is -3.93. The third-order valence-corrected chi connectivity index (χ3v) is 8.49. The zero-order valence-corrected chi connectivity index (χ0v) is 22.1. The number of hydrogen-bond acceptors (Lipinski definition) is 6. The number of rotatable bonds is 6. The number of nitrogens with zero attached hydrogens (tertiary/aromatic N) is 3. The summed E-state index contributed by atoms with van der Waals surface area (Å²) < 4.78 is 34.2. The Hall–Kier alpha value is -3.30. The Balaban J connectivity index is 1.56. The maximum atomic E-state index is 13.7. The molecule has 0 radical (unpaired) electrons. The third-order valence-electron chi connectivity index (χ3n) is 6.47. The van der Waals surface area contributed by atoms with Crippen molar-refractivity contribution in [1.82, 2.24) is 14.4 Å². The van der Waals surface area contributed by atoms with Crippen LogP contribution in [0.1, 0.15) is 52.2 Å². The summed E-state index contributed by atoms with van der Waals surface area (Å²) in [6, 6.07) is 9.55. The summed E-state index contributed by atoms with van der Waals surface area (Å²) in [5.41, 5.74) is 5.46. The monoisotopic (exact) mass is 508 g/mol. The standard InChI is InChI=1S/C27H32N4O4S/c1-17-14-18(2)23(19(3)15-17)11-12-24-26(21(5)30-35-24)36(33,34)31-13-7-9-22(16-31)27(32)29-25-10-6-8-20(4)28-25/h6,8,10-12,14-15,22H,7,9,13,16H2,1-5H3,(H,28,29,32)/b12-11+/t22-/m1/s1. The molecule has 1 N–H and O–H groups in total. The Morgan fingerprint density at radius 1 is 1.11 bits per heavy atom. The van der Waals surface area contributed by atoms with E-state index in [4.69, 9.17) is 4.52 Å². The molecule has 2 aromatic heterocycles. The summed E-state index contributed by atoms with van der Waals surface area (Å²) in [7, 11) is -3.93. The summed E-state index contributed by atoms with van der Waals surface area (Å²) in [6.07, 6.45) is 4.71. The zero-order chi connectivity index (χ0) is 26.0. The summed E-state index contributed by atoms with van der Waals surface area (Å²) in [6.45, 7) is 9.97. The molecule has 1 amide bonds. The van der Waals surface area contributed by atoms with E-state index in [1.54, 1.807) is 19.1 Å². The number of amides is 1. The quantitative estimate of drug-likeness (QED) is 0.512. The van der Waals surface area contributed by atoms with Crippen LogP contribution in [-0.4, -0.2) is 41.9 Å². The van der Waals surface area contributed by atoms with E-state index in [0.29, 0.717) is 30.9 Å². The number of hydrogen-bond donors (Lipinski definition) is 1. The molecular formula is C27H32N4O4S. The van der Waals surface area contributed by atoms with Crippen LogP contribution in [0, 0.1) is 40.5 Å². The van der Waals surface area contributed by atoms with Crippen LogP contribution in [0.5, 0.6) is 0 Å². The highest BCUT2D eigenvalue weighted by molar-refractivity contribution is 7.89. The van der Waals surface area contributed by atoms with Crippen LogP contribution >= 0.6 is 0 Å². The molecule has 0 spiro atoms. The highest BCUT2D eigenvalue weighted by Gasteiger charge is 2.37. The van der Waals surface area contributed by atoms with Gasteiger partial charge in [0.15, 0.2) is 10.7 Å². The first-order valence-corrected chi connectivity index (χ1v) is 13.5. The molecule has 0 bridgehead atoms. The number of nitrogens with one attached hydrogen (secondary N) is 1. The SMILES string of the molecule is Cc1cc(C)c(/C=C/c2onc(C)c2S(=O)(=O)N2CCC[C@@H](C(=O)Nc3cccc(C)n3)C2)c(C)c1. The number of anilines is 1. The molecule has 4 rings (SSSR count). The number of sulfonamides is 1. The van der Waals surface area contributed by atoms with Gasteiger partial charge in [-0.2, -0.15) is 4.31 Å². The highest BCUT2D eigenvalue weighted by atomic mass is 32.2. The zero-order valence-electron chi connectivity index (χ0n) is 21.3. The fourth-order valence-corrected chi connectivity index (χ4v) is 6.53. The van der Waals surface area contributed by atoms with E-state index in [2.05, 4.69) is 27.6 Å². The average Bonchev–Trinajstić information content (AvgIpc) is 3.19. The van der Waals surface area contributed by atoms with Gasteiger partial charge in [0.25, 0.3) is 0 Å². The normalized spacial score (nSPS) is 17.0. The van der Waals surface area contributed by atoms with Crippen molar-refractivity contribution in [3.05, 3.63) is 69.7 Å². The van der Waals surface area contributed by atoms with Gasteiger partial charge in [-0.3, -0.25) is 4.79 Å². The molecule has 0 saturated carbocycles. The van der Waals surface area contributed by atoms with E-state index in [1.165, 1.54) is 9.87 Å². The lowest BCUT2D eigenvalue weighted by Gasteiger charge is -2.31. The predicted molar refractivity (Wildman–Crippen MR) is 140 cm³/mol. The highest BCUT2D eigenvalue weighted by Crippen LogP contribution is 2.30. The van der Waals surface area contributed by atoms with E-state index in [1.807, 2.05) is 45.9 Å². The van der Waals surface area contributed by atoms with Crippen molar-refractivity contribution in [2.24, 2.45) is 5.92 Å². The first-order chi connectivity index (χ1) is 17.1. The first kappa shape index (κ1) is 25.8. The van der Waals surface area contributed by atoms with Crippen molar-refractivity contribution < 1.29 is 17.7 Å². The first-order valence-electron chi connectivity index (χ1n) is 12.0. The van der Waals surface area contributed by atoms with Crippen LogP contribution in [0.15, 0.2) is 39.8 Å². The Morgan fingerprint density at radius 2 is 1.83 bits per heavy atom. The van der Waals surface area contributed by atoms with Crippen LogP contribution in [0.4, 0.5) is 5.82 Å². The molecule has 3 aromatic rings. The molecule has 9 heteroatoms. The Bertz CT molecular complexity index is 1400. The van der Waals surface area contributed by atoms with Gasteiger partial charge in [0, 0.05) is 18.8 Å². The smallest absolute Gasteiger partial charge is 0.248 e. The molecule has 190 valence electrons. The van der Waals surface area contributed by atoms with Crippen LogP contribution < -0.4 is 5.32 Å². The Labute approximate surface area is 212 Å². The fraction of sp³-hybridized carbons (Fsp3) is 0.370. The van der Waals surface area contributed by atoms with Gasteiger partial charge in [0.05, 0.1) is 5.92 Å². The number of aryl methyl sites for hydroxylation is 5. The second-order valence-electron chi connectivity index (χ2n) is 9.46. The minimum Gasteiger partial charge on any atom is -0.355 e.